The van der Waals surface area contributed by atoms with Crippen LogP contribution in [0.25, 0.3) is 0 Å². The van der Waals surface area contributed by atoms with Crippen molar-refractivity contribution >= 4 is 5.91 Å². The molecule has 0 atom stereocenters. The number of likely N-dealkylation sites (tertiary alicyclic amines) is 1. The molecule has 0 N–H and O–H groups in total. The van der Waals surface area contributed by atoms with E-state index in [0.29, 0.717) is 6.61 Å². The third kappa shape index (κ3) is 3.48. The van der Waals surface area contributed by atoms with Gasteiger partial charge in [0.05, 0.1) is 6.61 Å². The molecule has 3 nitrogen and oxygen atoms in total. The van der Waals surface area contributed by atoms with Crippen LogP contribution in [-0.2, 0) is 16.1 Å². The summed E-state index contributed by atoms with van der Waals surface area (Å²) in [5, 5.41) is 0. The van der Waals surface area contributed by atoms with Gasteiger partial charge in [-0.3, -0.25) is 4.79 Å². The topological polar surface area (TPSA) is 29.5 Å². The van der Waals surface area contributed by atoms with E-state index in [1.807, 2.05) is 35.2 Å². The first-order valence-corrected chi connectivity index (χ1v) is 7.42. The minimum Gasteiger partial charge on any atom is -0.367 e. The largest absolute Gasteiger partial charge is 0.367 e. The average Bonchev–Trinajstić information content (AvgIpc) is 3.33. The van der Waals surface area contributed by atoms with Crippen LogP contribution in [0.15, 0.2) is 41.5 Å². The molecular weight excluding hydrogens is 250 g/mol. The number of ether oxygens (including phenoxy) is 1. The fourth-order valence-electron chi connectivity index (χ4n) is 2.72. The molecule has 1 amide bonds. The predicted octanol–water partition coefficient (Wildman–Crippen LogP) is 2.92. The van der Waals surface area contributed by atoms with Gasteiger partial charge in [-0.2, -0.15) is 0 Å². The van der Waals surface area contributed by atoms with Gasteiger partial charge in [0.25, 0.3) is 0 Å². The van der Waals surface area contributed by atoms with Gasteiger partial charge in [0.15, 0.2) is 0 Å². The van der Waals surface area contributed by atoms with Gasteiger partial charge in [-0.1, -0.05) is 41.5 Å². The molecule has 0 spiro atoms. The lowest BCUT2D eigenvalue weighted by molar-refractivity contribution is -0.137. The van der Waals surface area contributed by atoms with Crippen LogP contribution in [-0.4, -0.2) is 30.5 Å². The molecule has 0 bridgehead atoms. The summed E-state index contributed by atoms with van der Waals surface area (Å²) in [5.41, 5.74) is 4.37. The minimum absolute atomic E-state index is 0.126. The Morgan fingerprint density at radius 1 is 1.00 bits per heavy atom. The summed E-state index contributed by atoms with van der Waals surface area (Å²) in [6.45, 7) is 2.44. The molecule has 1 saturated carbocycles. The number of nitrogens with zero attached hydrogens (tertiary/aromatic N) is 1. The van der Waals surface area contributed by atoms with Crippen molar-refractivity contribution in [2.75, 3.05) is 19.7 Å². The molecule has 1 aromatic carbocycles. The first-order valence-electron chi connectivity index (χ1n) is 7.42. The number of hydrogen-bond donors (Lipinski definition) is 0. The lowest BCUT2D eigenvalue weighted by atomic mass is 10.0. The van der Waals surface area contributed by atoms with E-state index in [9.17, 15) is 4.79 Å². The van der Waals surface area contributed by atoms with Gasteiger partial charge in [0.1, 0.15) is 6.61 Å². The maximum atomic E-state index is 12.1. The van der Waals surface area contributed by atoms with E-state index >= 15 is 0 Å². The van der Waals surface area contributed by atoms with E-state index in [-0.39, 0.29) is 12.5 Å². The van der Waals surface area contributed by atoms with Crippen LogP contribution in [0.1, 0.15) is 31.2 Å². The molecule has 106 valence electrons. The third-order valence-corrected chi connectivity index (χ3v) is 4.06. The van der Waals surface area contributed by atoms with E-state index in [0.717, 1.165) is 31.5 Å². The van der Waals surface area contributed by atoms with Gasteiger partial charge in [0, 0.05) is 13.1 Å². The number of allylic oxidation sites excluding steroid dienone is 1. The number of benzene rings is 1. The van der Waals surface area contributed by atoms with Crippen LogP contribution in [0.2, 0.25) is 0 Å². The second-order valence-corrected chi connectivity index (χ2v) is 5.57. The molecule has 2 fully saturated rings. The Hall–Kier alpha value is -1.61. The summed E-state index contributed by atoms with van der Waals surface area (Å²) in [4.78, 5) is 14.0. The molecule has 0 radical (unpaired) electrons. The highest BCUT2D eigenvalue weighted by atomic mass is 16.5. The summed E-state index contributed by atoms with van der Waals surface area (Å²) < 4.78 is 5.52. The summed E-state index contributed by atoms with van der Waals surface area (Å²) in [7, 11) is 0. The first-order chi connectivity index (χ1) is 9.83. The molecule has 3 rings (SSSR count). The van der Waals surface area contributed by atoms with Crippen LogP contribution in [0.5, 0.6) is 0 Å². The number of carbonyl (C=O) groups excluding carboxylic acids is 1. The summed E-state index contributed by atoms with van der Waals surface area (Å²) in [5.74, 6) is 0.126. The van der Waals surface area contributed by atoms with Crippen molar-refractivity contribution in [2.24, 2.45) is 0 Å². The summed E-state index contributed by atoms with van der Waals surface area (Å²) >= 11 is 0. The predicted molar refractivity (Wildman–Crippen MR) is 78.2 cm³/mol. The average molecular weight is 271 g/mol. The van der Waals surface area contributed by atoms with E-state index in [2.05, 4.69) is 0 Å². The van der Waals surface area contributed by atoms with Crippen LogP contribution in [0, 0.1) is 0 Å². The number of carbonyl (C=O) groups is 1. The van der Waals surface area contributed by atoms with E-state index < -0.39 is 0 Å². The van der Waals surface area contributed by atoms with Gasteiger partial charge in [-0.25, -0.2) is 0 Å². The minimum atomic E-state index is 0.126. The van der Waals surface area contributed by atoms with Gasteiger partial charge in [0.2, 0.25) is 5.91 Å². The van der Waals surface area contributed by atoms with Crippen molar-refractivity contribution in [3.8, 4) is 0 Å². The zero-order valence-corrected chi connectivity index (χ0v) is 11.8. The van der Waals surface area contributed by atoms with Crippen molar-refractivity contribution in [1.29, 1.82) is 0 Å². The number of amides is 1. The normalized spacial score (nSPS) is 18.3. The molecule has 0 aromatic heterocycles. The highest BCUT2D eigenvalue weighted by Crippen LogP contribution is 2.35. The molecule has 1 saturated heterocycles. The zero-order valence-electron chi connectivity index (χ0n) is 11.8. The Labute approximate surface area is 120 Å². The fraction of sp³-hybridized carbons (Fsp3) is 0.471. The quantitative estimate of drug-likeness (QED) is 0.788. The van der Waals surface area contributed by atoms with Gasteiger partial charge < -0.3 is 9.64 Å². The van der Waals surface area contributed by atoms with Crippen molar-refractivity contribution in [1.82, 2.24) is 4.90 Å². The van der Waals surface area contributed by atoms with Crippen molar-refractivity contribution in [3.05, 3.63) is 47.0 Å². The number of rotatable bonds is 4. The van der Waals surface area contributed by atoms with Crippen molar-refractivity contribution < 1.29 is 9.53 Å². The molecule has 1 aliphatic carbocycles. The third-order valence-electron chi connectivity index (χ3n) is 4.06. The van der Waals surface area contributed by atoms with Gasteiger partial charge in [-0.15, -0.1) is 0 Å². The Morgan fingerprint density at radius 2 is 1.65 bits per heavy atom. The van der Waals surface area contributed by atoms with Gasteiger partial charge >= 0.3 is 0 Å². The van der Waals surface area contributed by atoms with Crippen LogP contribution < -0.4 is 0 Å². The Morgan fingerprint density at radius 3 is 2.30 bits per heavy atom. The van der Waals surface area contributed by atoms with Gasteiger partial charge in [-0.05, 0) is 31.2 Å². The molecule has 0 unspecified atom stereocenters. The zero-order chi connectivity index (χ0) is 13.8. The van der Waals surface area contributed by atoms with Crippen molar-refractivity contribution in [3.63, 3.8) is 0 Å². The number of hydrogen-bond acceptors (Lipinski definition) is 2. The Balaban J connectivity index is 1.40. The molecule has 20 heavy (non-hydrogen) atoms. The lowest BCUT2D eigenvalue weighted by Crippen LogP contribution is -2.38. The van der Waals surface area contributed by atoms with E-state index in [1.54, 1.807) is 11.1 Å². The summed E-state index contributed by atoms with van der Waals surface area (Å²) in [6, 6.07) is 9.98. The molecular formula is C17H21NO2. The maximum absolute atomic E-state index is 12.1. The highest BCUT2D eigenvalue weighted by Gasteiger charge is 2.24. The summed E-state index contributed by atoms with van der Waals surface area (Å²) in [6.07, 6.45) is 4.73. The molecule has 1 heterocycles. The molecule has 3 heteroatoms. The van der Waals surface area contributed by atoms with Crippen LogP contribution in [0.4, 0.5) is 0 Å². The maximum Gasteiger partial charge on any atom is 0.248 e. The number of piperidine rings is 1. The second kappa shape index (κ2) is 6.23. The lowest BCUT2D eigenvalue weighted by Gasteiger charge is -2.28. The van der Waals surface area contributed by atoms with Crippen LogP contribution in [0.3, 0.4) is 0 Å². The highest BCUT2D eigenvalue weighted by molar-refractivity contribution is 5.77. The SMILES string of the molecule is O=C(COCc1ccccc1)N1CCC(=C2CC2)CC1. The van der Waals surface area contributed by atoms with E-state index in [4.69, 9.17) is 4.74 Å². The first kappa shape index (κ1) is 13.4. The second-order valence-electron chi connectivity index (χ2n) is 5.57. The molecule has 2 aliphatic rings. The monoisotopic (exact) mass is 271 g/mol. The van der Waals surface area contributed by atoms with E-state index in [1.165, 1.54) is 12.8 Å². The smallest absolute Gasteiger partial charge is 0.248 e. The Kier molecular flexibility index (Phi) is 4.16. The van der Waals surface area contributed by atoms with Crippen LogP contribution >= 0.6 is 0 Å². The Bertz CT molecular complexity index is 491. The molecule has 1 aromatic rings. The van der Waals surface area contributed by atoms with Crippen molar-refractivity contribution in [2.45, 2.75) is 32.3 Å². The molecule has 1 aliphatic heterocycles. The fourth-order valence-corrected chi connectivity index (χ4v) is 2.72. The standard InChI is InChI=1S/C17H21NO2/c19-17(13-20-12-14-4-2-1-3-5-14)18-10-8-16(9-11-18)15-6-7-15/h1-5H,6-13H2.